The molecule has 0 saturated heterocycles. The number of methoxy groups -OCH3 is 1. The Hall–Kier alpha value is -1.84. The number of carbonyl (C=O) groups is 2. The van der Waals surface area contributed by atoms with E-state index in [0.717, 1.165) is 11.1 Å². The van der Waals surface area contributed by atoms with Gasteiger partial charge in [0.15, 0.2) is 0 Å². The molecule has 0 N–H and O–H groups in total. The molecule has 0 atom stereocenters. The smallest absolute Gasteiger partial charge is 0.315 e. The van der Waals surface area contributed by atoms with Crippen LogP contribution in [0.2, 0.25) is 0 Å². The van der Waals surface area contributed by atoms with E-state index in [2.05, 4.69) is 4.74 Å². The second-order valence-electron chi connectivity index (χ2n) is 3.99. The van der Waals surface area contributed by atoms with Crippen molar-refractivity contribution in [1.29, 1.82) is 0 Å². The third-order valence-electron chi connectivity index (χ3n) is 2.45. The van der Waals surface area contributed by atoms with Crippen molar-refractivity contribution in [2.45, 2.75) is 19.9 Å². The lowest BCUT2D eigenvalue weighted by Gasteiger charge is -2.16. The summed E-state index contributed by atoms with van der Waals surface area (Å²) in [5, 5.41) is 0. The van der Waals surface area contributed by atoms with Gasteiger partial charge in [0.2, 0.25) is 5.91 Å². The summed E-state index contributed by atoms with van der Waals surface area (Å²) in [7, 11) is 2.95. The molecule has 1 amide bonds. The average Bonchev–Trinajstić information content (AvgIpc) is 2.28. The first kappa shape index (κ1) is 13.2. The van der Waals surface area contributed by atoms with Gasteiger partial charge in [-0.2, -0.15) is 0 Å². The van der Waals surface area contributed by atoms with Gasteiger partial charge in [0.05, 0.1) is 7.11 Å². The topological polar surface area (TPSA) is 46.6 Å². The van der Waals surface area contributed by atoms with Crippen molar-refractivity contribution < 1.29 is 14.3 Å². The summed E-state index contributed by atoms with van der Waals surface area (Å²) >= 11 is 0. The Morgan fingerprint density at radius 3 is 2.65 bits per heavy atom. The Labute approximate surface area is 101 Å². The first-order valence-electron chi connectivity index (χ1n) is 5.39. The van der Waals surface area contributed by atoms with Crippen LogP contribution in [-0.2, 0) is 20.9 Å². The minimum atomic E-state index is -0.508. The maximum Gasteiger partial charge on any atom is 0.315 e. The third-order valence-corrected chi connectivity index (χ3v) is 2.45. The van der Waals surface area contributed by atoms with Crippen LogP contribution in [0.1, 0.15) is 17.5 Å². The summed E-state index contributed by atoms with van der Waals surface area (Å²) in [4.78, 5) is 24.1. The minimum Gasteiger partial charge on any atom is -0.469 e. The maximum atomic E-state index is 11.6. The molecule has 0 saturated carbocycles. The van der Waals surface area contributed by atoms with Crippen molar-refractivity contribution in [2.75, 3.05) is 14.2 Å². The standard InChI is InChI=1S/C13H17NO3/c1-10-5-4-6-11(7-10)9-14(2)12(15)8-13(16)17-3/h4-7H,8-9H2,1-3H3. The van der Waals surface area contributed by atoms with Gasteiger partial charge in [0.25, 0.3) is 0 Å². The summed E-state index contributed by atoms with van der Waals surface area (Å²) in [6, 6.07) is 7.92. The molecule has 0 unspecified atom stereocenters. The van der Waals surface area contributed by atoms with Gasteiger partial charge in [-0.25, -0.2) is 0 Å². The van der Waals surface area contributed by atoms with E-state index in [1.54, 1.807) is 7.05 Å². The van der Waals surface area contributed by atoms with E-state index >= 15 is 0 Å². The van der Waals surface area contributed by atoms with Crippen molar-refractivity contribution in [3.05, 3.63) is 35.4 Å². The van der Waals surface area contributed by atoms with Crippen molar-refractivity contribution in [3.8, 4) is 0 Å². The number of hydrogen-bond acceptors (Lipinski definition) is 3. The highest BCUT2D eigenvalue weighted by atomic mass is 16.5. The van der Waals surface area contributed by atoms with Gasteiger partial charge in [0, 0.05) is 13.6 Å². The van der Waals surface area contributed by atoms with Crippen LogP contribution in [0.4, 0.5) is 0 Å². The second kappa shape index (κ2) is 6.03. The van der Waals surface area contributed by atoms with Crippen LogP contribution in [0.15, 0.2) is 24.3 Å². The van der Waals surface area contributed by atoms with Gasteiger partial charge >= 0.3 is 5.97 Å². The summed E-state index contributed by atoms with van der Waals surface area (Å²) in [6.45, 7) is 2.50. The zero-order valence-electron chi connectivity index (χ0n) is 10.4. The van der Waals surface area contributed by atoms with E-state index < -0.39 is 5.97 Å². The number of carbonyl (C=O) groups excluding carboxylic acids is 2. The Kier molecular flexibility index (Phi) is 4.69. The molecule has 0 heterocycles. The fraction of sp³-hybridized carbons (Fsp3) is 0.385. The zero-order chi connectivity index (χ0) is 12.8. The summed E-state index contributed by atoms with van der Waals surface area (Å²) in [5.74, 6) is -0.746. The lowest BCUT2D eigenvalue weighted by atomic mass is 10.1. The molecule has 0 aliphatic heterocycles. The molecule has 1 rings (SSSR count). The second-order valence-corrected chi connectivity index (χ2v) is 3.99. The van der Waals surface area contributed by atoms with E-state index in [1.807, 2.05) is 31.2 Å². The SMILES string of the molecule is COC(=O)CC(=O)N(C)Cc1cccc(C)c1. The number of hydrogen-bond donors (Lipinski definition) is 0. The van der Waals surface area contributed by atoms with Crippen LogP contribution in [0.25, 0.3) is 0 Å². The molecule has 1 aromatic carbocycles. The Morgan fingerprint density at radius 1 is 1.35 bits per heavy atom. The number of ether oxygens (including phenoxy) is 1. The van der Waals surface area contributed by atoms with Crippen molar-refractivity contribution >= 4 is 11.9 Å². The lowest BCUT2D eigenvalue weighted by molar-refractivity contribution is -0.146. The van der Waals surface area contributed by atoms with Gasteiger partial charge in [-0.1, -0.05) is 29.8 Å². The predicted octanol–water partition coefficient (Wildman–Crippen LogP) is 1.52. The highest BCUT2D eigenvalue weighted by Gasteiger charge is 2.14. The van der Waals surface area contributed by atoms with Crippen LogP contribution in [0, 0.1) is 6.92 Å². The molecular formula is C13H17NO3. The summed E-state index contributed by atoms with van der Waals surface area (Å²) in [5.41, 5.74) is 2.20. The average molecular weight is 235 g/mol. The number of nitrogens with zero attached hydrogens (tertiary/aromatic N) is 1. The molecule has 17 heavy (non-hydrogen) atoms. The first-order chi connectivity index (χ1) is 8.02. The number of aryl methyl sites for hydroxylation is 1. The molecule has 0 aliphatic rings. The number of amides is 1. The van der Waals surface area contributed by atoms with E-state index in [-0.39, 0.29) is 12.3 Å². The van der Waals surface area contributed by atoms with Crippen molar-refractivity contribution in [2.24, 2.45) is 0 Å². The molecule has 1 aromatic rings. The molecule has 0 radical (unpaired) electrons. The predicted molar refractivity (Wildman–Crippen MR) is 64.3 cm³/mol. The normalized spacial score (nSPS) is 9.82. The fourth-order valence-corrected chi connectivity index (χ4v) is 1.50. The largest absolute Gasteiger partial charge is 0.469 e. The first-order valence-corrected chi connectivity index (χ1v) is 5.39. The van der Waals surface area contributed by atoms with Gasteiger partial charge in [-0.05, 0) is 12.5 Å². The number of esters is 1. The van der Waals surface area contributed by atoms with Gasteiger partial charge in [-0.15, -0.1) is 0 Å². The Balaban J connectivity index is 2.57. The summed E-state index contributed by atoms with van der Waals surface area (Å²) in [6.07, 6.45) is -0.210. The molecule has 0 fully saturated rings. The van der Waals surface area contributed by atoms with Crippen molar-refractivity contribution in [1.82, 2.24) is 4.90 Å². The molecule has 0 spiro atoms. The van der Waals surface area contributed by atoms with E-state index in [1.165, 1.54) is 12.0 Å². The monoisotopic (exact) mass is 235 g/mol. The Bertz CT molecular complexity index is 415. The zero-order valence-corrected chi connectivity index (χ0v) is 10.4. The van der Waals surface area contributed by atoms with Crippen LogP contribution < -0.4 is 0 Å². The fourth-order valence-electron chi connectivity index (χ4n) is 1.50. The summed E-state index contributed by atoms with van der Waals surface area (Å²) < 4.78 is 4.45. The molecular weight excluding hydrogens is 218 g/mol. The highest BCUT2D eigenvalue weighted by molar-refractivity contribution is 5.94. The van der Waals surface area contributed by atoms with Crippen LogP contribution in [0.5, 0.6) is 0 Å². The van der Waals surface area contributed by atoms with Crippen molar-refractivity contribution in [3.63, 3.8) is 0 Å². The van der Waals surface area contributed by atoms with Crippen LogP contribution in [0.3, 0.4) is 0 Å². The third kappa shape index (κ3) is 4.26. The quantitative estimate of drug-likeness (QED) is 0.587. The lowest BCUT2D eigenvalue weighted by Crippen LogP contribution is -2.28. The molecule has 0 aliphatic carbocycles. The van der Waals surface area contributed by atoms with Crippen LogP contribution >= 0.6 is 0 Å². The van der Waals surface area contributed by atoms with Gasteiger partial charge < -0.3 is 9.64 Å². The Morgan fingerprint density at radius 2 is 2.06 bits per heavy atom. The van der Waals surface area contributed by atoms with E-state index in [0.29, 0.717) is 6.54 Å². The molecule has 4 heteroatoms. The minimum absolute atomic E-state index is 0.210. The maximum absolute atomic E-state index is 11.6. The number of rotatable bonds is 4. The number of benzene rings is 1. The van der Waals surface area contributed by atoms with Gasteiger partial charge in [0.1, 0.15) is 6.42 Å². The van der Waals surface area contributed by atoms with E-state index in [4.69, 9.17) is 0 Å². The van der Waals surface area contributed by atoms with Crippen LogP contribution in [-0.4, -0.2) is 30.9 Å². The molecule has 4 nitrogen and oxygen atoms in total. The molecule has 92 valence electrons. The molecule has 0 aromatic heterocycles. The molecule has 0 bridgehead atoms. The highest BCUT2D eigenvalue weighted by Crippen LogP contribution is 2.07. The van der Waals surface area contributed by atoms with E-state index in [9.17, 15) is 9.59 Å². The van der Waals surface area contributed by atoms with Gasteiger partial charge in [-0.3, -0.25) is 9.59 Å².